The van der Waals surface area contributed by atoms with Crippen molar-refractivity contribution in [1.29, 1.82) is 0 Å². The van der Waals surface area contributed by atoms with Gasteiger partial charge in [-0.05, 0) is 19.8 Å². The molecule has 0 bridgehead atoms. The molecular weight excluding hydrogens is 262 g/mol. The van der Waals surface area contributed by atoms with Crippen LogP contribution in [0.4, 0.5) is 0 Å². The highest BCUT2D eigenvalue weighted by molar-refractivity contribution is 5.93. The molecular formula is C13H17N3O4. The summed E-state index contributed by atoms with van der Waals surface area (Å²) in [6.45, 7) is 3.01. The molecule has 0 radical (unpaired) electrons. The summed E-state index contributed by atoms with van der Waals surface area (Å²) >= 11 is 0. The third-order valence-electron chi connectivity index (χ3n) is 3.85. The van der Waals surface area contributed by atoms with Gasteiger partial charge in [0.05, 0.1) is 12.1 Å². The first-order chi connectivity index (χ1) is 9.65. The molecule has 0 aromatic carbocycles. The zero-order chi connectivity index (χ0) is 14.1. The average molecular weight is 279 g/mol. The van der Waals surface area contributed by atoms with Gasteiger partial charge in [0.2, 0.25) is 5.91 Å². The minimum Gasteiger partial charge on any atom is -0.448 e. The second-order valence-corrected chi connectivity index (χ2v) is 5.15. The Morgan fingerprint density at radius 1 is 1.45 bits per heavy atom. The third-order valence-corrected chi connectivity index (χ3v) is 3.85. The number of morpholine rings is 1. The Morgan fingerprint density at radius 2 is 2.25 bits per heavy atom. The summed E-state index contributed by atoms with van der Waals surface area (Å²) < 4.78 is 10.6. The number of amides is 2. The number of carbonyl (C=O) groups excluding carboxylic acids is 2. The normalized spacial score (nSPS) is 26.6. The Kier molecular flexibility index (Phi) is 3.43. The maximum atomic E-state index is 12.4. The minimum atomic E-state index is -0.124. The van der Waals surface area contributed by atoms with Crippen LogP contribution in [0, 0.1) is 6.92 Å². The molecule has 0 spiro atoms. The van der Waals surface area contributed by atoms with Crippen molar-refractivity contribution in [2.45, 2.75) is 31.9 Å². The van der Waals surface area contributed by atoms with Crippen LogP contribution in [0.3, 0.4) is 0 Å². The van der Waals surface area contributed by atoms with Crippen LogP contribution in [0.5, 0.6) is 0 Å². The van der Waals surface area contributed by atoms with Crippen molar-refractivity contribution in [1.82, 2.24) is 15.2 Å². The number of oxazole rings is 1. The highest BCUT2D eigenvalue weighted by Crippen LogP contribution is 2.19. The van der Waals surface area contributed by atoms with Crippen LogP contribution in [-0.4, -0.2) is 53.5 Å². The lowest BCUT2D eigenvalue weighted by atomic mass is 10.0. The van der Waals surface area contributed by atoms with E-state index in [9.17, 15) is 9.59 Å². The highest BCUT2D eigenvalue weighted by atomic mass is 16.5. The third kappa shape index (κ3) is 2.40. The van der Waals surface area contributed by atoms with Crippen LogP contribution in [0.1, 0.15) is 29.1 Å². The smallest absolute Gasteiger partial charge is 0.276 e. The largest absolute Gasteiger partial charge is 0.448 e. The number of nitrogens with zero attached hydrogens (tertiary/aromatic N) is 2. The van der Waals surface area contributed by atoms with Crippen LogP contribution < -0.4 is 5.32 Å². The maximum absolute atomic E-state index is 12.4. The number of nitrogens with one attached hydrogen (secondary N) is 1. The molecule has 7 heteroatoms. The van der Waals surface area contributed by atoms with Crippen LogP contribution in [-0.2, 0) is 9.53 Å². The molecule has 2 atom stereocenters. The Morgan fingerprint density at radius 3 is 3.00 bits per heavy atom. The molecule has 2 amide bonds. The minimum absolute atomic E-state index is 0.00699. The van der Waals surface area contributed by atoms with Gasteiger partial charge in [-0.3, -0.25) is 9.59 Å². The summed E-state index contributed by atoms with van der Waals surface area (Å²) in [7, 11) is 0. The van der Waals surface area contributed by atoms with Crippen molar-refractivity contribution < 1.29 is 18.7 Å². The molecule has 0 unspecified atom stereocenters. The topological polar surface area (TPSA) is 84.7 Å². The number of aryl methyl sites for hydroxylation is 1. The fourth-order valence-electron chi connectivity index (χ4n) is 2.74. The first-order valence-electron chi connectivity index (χ1n) is 6.75. The molecule has 1 aromatic rings. The molecule has 2 fully saturated rings. The number of ether oxygens (including phenoxy) is 1. The maximum Gasteiger partial charge on any atom is 0.276 e. The monoisotopic (exact) mass is 279 g/mol. The van der Waals surface area contributed by atoms with E-state index >= 15 is 0 Å². The van der Waals surface area contributed by atoms with Gasteiger partial charge in [0.25, 0.3) is 5.91 Å². The zero-order valence-electron chi connectivity index (χ0n) is 11.3. The number of hydrogen-bond acceptors (Lipinski definition) is 5. The van der Waals surface area contributed by atoms with Crippen molar-refractivity contribution in [2.24, 2.45) is 0 Å². The SMILES string of the molecule is Cc1ocnc1C(=O)N1CC[C@@H]2NC(=O)CO[C@H]2CC1. The molecule has 0 aliphatic carbocycles. The lowest BCUT2D eigenvalue weighted by molar-refractivity contribution is -0.136. The summed E-state index contributed by atoms with van der Waals surface area (Å²) in [5.74, 6) is 0.320. The van der Waals surface area contributed by atoms with Crippen LogP contribution in [0.15, 0.2) is 10.8 Å². The molecule has 0 saturated carbocycles. The van der Waals surface area contributed by atoms with Gasteiger partial charge in [-0.2, -0.15) is 0 Å². The molecule has 1 aromatic heterocycles. The van der Waals surface area contributed by atoms with Crippen molar-refractivity contribution in [3.8, 4) is 0 Å². The van der Waals surface area contributed by atoms with Gasteiger partial charge in [-0.15, -0.1) is 0 Å². The van der Waals surface area contributed by atoms with E-state index in [1.54, 1.807) is 11.8 Å². The van der Waals surface area contributed by atoms with Gasteiger partial charge in [0.1, 0.15) is 12.4 Å². The van der Waals surface area contributed by atoms with Crippen molar-refractivity contribution >= 4 is 11.8 Å². The molecule has 7 nitrogen and oxygen atoms in total. The number of hydrogen-bond donors (Lipinski definition) is 1. The van der Waals surface area contributed by atoms with E-state index in [0.29, 0.717) is 37.4 Å². The summed E-state index contributed by atoms with van der Waals surface area (Å²) in [6.07, 6.45) is 2.68. The Labute approximate surface area is 116 Å². The molecule has 2 saturated heterocycles. The Hall–Kier alpha value is -1.89. The standard InChI is InChI=1S/C13H17N3O4/c1-8-12(14-7-20-8)13(18)16-4-2-9-10(3-5-16)19-6-11(17)15-9/h7,9-10H,2-6H2,1H3,(H,15,17)/t9-,10-/m0/s1. The second kappa shape index (κ2) is 5.24. The molecule has 108 valence electrons. The first kappa shape index (κ1) is 13.1. The van der Waals surface area contributed by atoms with Gasteiger partial charge >= 0.3 is 0 Å². The van der Waals surface area contributed by atoms with Crippen LogP contribution in [0.25, 0.3) is 0 Å². The van der Waals surface area contributed by atoms with E-state index in [4.69, 9.17) is 9.15 Å². The summed E-state index contributed by atoms with van der Waals surface area (Å²) in [6, 6.07) is -0.00699. The van der Waals surface area contributed by atoms with E-state index in [1.807, 2.05) is 0 Å². The quantitative estimate of drug-likeness (QED) is 0.788. The number of aromatic nitrogens is 1. The lowest BCUT2D eigenvalue weighted by Crippen LogP contribution is -2.51. The highest BCUT2D eigenvalue weighted by Gasteiger charge is 2.34. The number of likely N-dealkylation sites (tertiary alicyclic amines) is 1. The average Bonchev–Trinajstić information content (AvgIpc) is 2.74. The van der Waals surface area contributed by atoms with E-state index in [2.05, 4.69) is 10.3 Å². The second-order valence-electron chi connectivity index (χ2n) is 5.15. The predicted molar refractivity (Wildman–Crippen MR) is 68.0 cm³/mol. The van der Waals surface area contributed by atoms with Crippen molar-refractivity contribution in [2.75, 3.05) is 19.7 Å². The first-order valence-corrected chi connectivity index (χ1v) is 6.75. The molecule has 3 heterocycles. The van der Waals surface area contributed by atoms with Gasteiger partial charge in [0.15, 0.2) is 12.1 Å². The van der Waals surface area contributed by atoms with E-state index in [-0.39, 0.29) is 30.6 Å². The fraction of sp³-hybridized carbons (Fsp3) is 0.615. The Balaban J connectivity index is 1.70. The van der Waals surface area contributed by atoms with Crippen LogP contribution in [0.2, 0.25) is 0 Å². The van der Waals surface area contributed by atoms with Gasteiger partial charge in [-0.1, -0.05) is 0 Å². The van der Waals surface area contributed by atoms with E-state index in [1.165, 1.54) is 6.39 Å². The van der Waals surface area contributed by atoms with Crippen molar-refractivity contribution in [3.63, 3.8) is 0 Å². The molecule has 1 N–H and O–H groups in total. The molecule has 20 heavy (non-hydrogen) atoms. The molecule has 3 rings (SSSR count). The van der Waals surface area contributed by atoms with Gasteiger partial charge < -0.3 is 19.4 Å². The number of carbonyl (C=O) groups is 2. The molecule has 2 aliphatic rings. The van der Waals surface area contributed by atoms with Crippen LogP contribution >= 0.6 is 0 Å². The van der Waals surface area contributed by atoms with Crippen molar-refractivity contribution in [3.05, 3.63) is 17.8 Å². The Bertz CT molecular complexity index is 527. The number of rotatable bonds is 1. The summed E-state index contributed by atoms with van der Waals surface area (Å²) in [5.41, 5.74) is 0.361. The summed E-state index contributed by atoms with van der Waals surface area (Å²) in [5, 5.41) is 2.93. The number of fused-ring (bicyclic) bond motifs is 1. The van der Waals surface area contributed by atoms with Gasteiger partial charge in [-0.25, -0.2) is 4.98 Å². The molecule has 2 aliphatic heterocycles. The summed E-state index contributed by atoms with van der Waals surface area (Å²) in [4.78, 5) is 29.4. The zero-order valence-corrected chi connectivity index (χ0v) is 11.3. The van der Waals surface area contributed by atoms with E-state index in [0.717, 1.165) is 0 Å². The van der Waals surface area contributed by atoms with Gasteiger partial charge in [0, 0.05) is 13.1 Å². The van der Waals surface area contributed by atoms with E-state index < -0.39 is 0 Å². The lowest BCUT2D eigenvalue weighted by Gasteiger charge is -2.30. The predicted octanol–water partition coefficient (Wildman–Crippen LogP) is 0.103. The fourth-order valence-corrected chi connectivity index (χ4v) is 2.74.